The van der Waals surface area contributed by atoms with E-state index in [2.05, 4.69) is 4.37 Å². The summed E-state index contributed by atoms with van der Waals surface area (Å²) in [5.74, 6) is 0. The van der Waals surface area contributed by atoms with Crippen molar-refractivity contribution in [2.45, 2.75) is 6.18 Å². The first-order valence-electron chi connectivity index (χ1n) is 4.26. The second-order valence-corrected chi connectivity index (χ2v) is 4.32. The van der Waals surface area contributed by atoms with Gasteiger partial charge in [0.25, 0.3) is 0 Å². The third-order valence-corrected chi connectivity index (χ3v) is 3.02. The highest BCUT2D eigenvalue weighted by atomic mass is 35.5. The summed E-state index contributed by atoms with van der Waals surface area (Å²) in [6, 6.07) is 7.62. The summed E-state index contributed by atoms with van der Waals surface area (Å²) in [6.45, 7) is 0. The van der Waals surface area contributed by atoms with Crippen LogP contribution in [-0.4, -0.2) is 4.37 Å². The van der Waals surface area contributed by atoms with Gasteiger partial charge in [0.1, 0.15) is 0 Å². The fraction of sp³-hybridized carbons (Fsp3) is 0.100. The molecule has 1 aromatic carbocycles. The molecule has 6 heteroatoms. The number of hydrogen-bond acceptors (Lipinski definition) is 2. The average molecular weight is 264 g/mol. The summed E-state index contributed by atoms with van der Waals surface area (Å²) in [6.07, 6.45) is -4.39. The predicted octanol–water partition coefficient (Wildman–Crippen LogP) is 4.48. The highest BCUT2D eigenvalue weighted by Crippen LogP contribution is 2.34. The van der Waals surface area contributed by atoms with Crippen molar-refractivity contribution in [3.05, 3.63) is 41.0 Å². The molecule has 16 heavy (non-hydrogen) atoms. The molecule has 0 saturated heterocycles. The van der Waals surface area contributed by atoms with Crippen LogP contribution in [0, 0.1) is 0 Å². The van der Waals surface area contributed by atoms with Gasteiger partial charge >= 0.3 is 6.18 Å². The zero-order valence-corrected chi connectivity index (χ0v) is 9.33. The van der Waals surface area contributed by atoms with Gasteiger partial charge in [0.2, 0.25) is 0 Å². The topological polar surface area (TPSA) is 12.9 Å². The third-order valence-electron chi connectivity index (χ3n) is 1.93. The quantitative estimate of drug-likeness (QED) is 0.739. The van der Waals surface area contributed by atoms with E-state index in [0.29, 0.717) is 15.5 Å². The number of rotatable bonds is 1. The van der Waals surface area contributed by atoms with E-state index in [0.717, 1.165) is 17.6 Å². The van der Waals surface area contributed by atoms with Crippen molar-refractivity contribution in [2.24, 2.45) is 0 Å². The minimum atomic E-state index is -4.39. The van der Waals surface area contributed by atoms with Gasteiger partial charge in [-0.15, -0.1) is 0 Å². The molecule has 0 atom stereocenters. The Morgan fingerprint density at radius 1 is 1.12 bits per heavy atom. The van der Waals surface area contributed by atoms with Crippen molar-refractivity contribution >= 4 is 23.1 Å². The van der Waals surface area contributed by atoms with E-state index in [1.165, 1.54) is 0 Å². The highest BCUT2D eigenvalue weighted by Gasteiger charge is 2.33. The van der Waals surface area contributed by atoms with E-state index in [4.69, 9.17) is 11.6 Å². The lowest BCUT2D eigenvalue weighted by Crippen LogP contribution is -2.04. The zero-order chi connectivity index (χ0) is 11.8. The minimum absolute atomic E-state index is 0.476. The van der Waals surface area contributed by atoms with Gasteiger partial charge in [0.05, 0.1) is 4.88 Å². The second-order valence-electron chi connectivity index (χ2n) is 3.08. The van der Waals surface area contributed by atoms with Crippen LogP contribution in [0.5, 0.6) is 0 Å². The molecule has 0 aliphatic carbocycles. The van der Waals surface area contributed by atoms with E-state index in [9.17, 15) is 13.2 Å². The summed E-state index contributed by atoms with van der Waals surface area (Å²) in [4.78, 5) is 0.476. The molecule has 1 heterocycles. The molecule has 1 aromatic heterocycles. The maximum atomic E-state index is 12.3. The Morgan fingerprint density at radius 2 is 1.75 bits per heavy atom. The zero-order valence-electron chi connectivity index (χ0n) is 7.75. The Balaban J connectivity index is 2.35. The van der Waals surface area contributed by atoms with Crippen LogP contribution in [-0.2, 0) is 6.18 Å². The minimum Gasteiger partial charge on any atom is -0.188 e. The fourth-order valence-corrected chi connectivity index (χ4v) is 2.04. The maximum Gasteiger partial charge on any atom is 0.434 e. The lowest BCUT2D eigenvalue weighted by atomic mass is 10.2. The van der Waals surface area contributed by atoms with Gasteiger partial charge in [0.15, 0.2) is 5.69 Å². The SMILES string of the molecule is FC(F)(F)c1cc(-c2ccc(Cl)cc2)sn1. The molecule has 1 nitrogen and oxygen atoms in total. The Bertz CT molecular complexity index is 490. The smallest absolute Gasteiger partial charge is 0.188 e. The van der Waals surface area contributed by atoms with Crippen LogP contribution in [0.4, 0.5) is 13.2 Å². The third kappa shape index (κ3) is 2.36. The Kier molecular flexibility index (Phi) is 2.90. The van der Waals surface area contributed by atoms with Crippen molar-refractivity contribution in [1.82, 2.24) is 4.37 Å². The number of benzene rings is 1. The normalized spacial score (nSPS) is 11.8. The Labute approximate surface area is 98.7 Å². The molecule has 0 bridgehead atoms. The maximum absolute atomic E-state index is 12.3. The molecule has 0 radical (unpaired) electrons. The molecule has 0 spiro atoms. The molecular formula is C10H5ClF3NS. The first-order chi connectivity index (χ1) is 7.47. The summed E-state index contributed by atoms with van der Waals surface area (Å²) in [7, 11) is 0. The number of nitrogens with zero attached hydrogens (tertiary/aromatic N) is 1. The first-order valence-corrected chi connectivity index (χ1v) is 5.42. The fourth-order valence-electron chi connectivity index (χ4n) is 1.16. The lowest BCUT2D eigenvalue weighted by Gasteiger charge is -1.99. The Morgan fingerprint density at radius 3 is 2.25 bits per heavy atom. The van der Waals surface area contributed by atoms with Crippen LogP contribution < -0.4 is 0 Å². The summed E-state index contributed by atoms with van der Waals surface area (Å²) in [5, 5.41) is 0.546. The van der Waals surface area contributed by atoms with Crippen LogP contribution in [0.3, 0.4) is 0 Å². The monoisotopic (exact) mass is 263 g/mol. The van der Waals surface area contributed by atoms with E-state index < -0.39 is 11.9 Å². The van der Waals surface area contributed by atoms with Gasteiger partial charge in [-0.3, -0.25) is 0 Å². The molecule has 2 rings (SSSR count). The van der Waals surface area contributed by atoms with E-state index in [1.54, 1.807) is 24.3 Å². The van der Waals surface area contributed by atoms with Crippen LogP contribution in [0.1, 0.15) is 5.69 Å². The molecule has 0 unspecified atom stereocenters. The van der Waals surface area contributed by atoms with Crippen molar-refractivity contribution in [3.8, 4) is 10.4 Å². The van der Waals surface area contributed by atoms with Crippen molar-refractivity contribution in [2.75, 3.05) is 0 Å². The molecule has 0 aliphatic rings. The van der Waals surface area contributed by atoms with Gasteiger partial charge < -0.3 is 0 Å². The van der Waals surface area contributed by atoms with Crippen LogP contribution in [0.15, 0.2) is 30.3 Å². The summed E-state index contributed by atoms with van der Waals surface area (Å²) >= 11 is 6.51. The van der Waals surface area contributed by atoms with E-state index in [1.807, 2.05) is 0 Å². The number of alkyl halides is 3. The predicted molar refractivity (Wildman–Crippen MR) is 57.6 cm³/mol. The highest BCUT2D eigenvalue weighted by molar-refractivity contribution is 7.09. The first kappa shape index (κ1) is 11.4. The Hall–Kier alpha value is -1.07. The van der Waals surface area contributed by atoms with Crippen molar-refractivity contribution in [1.29, 1.82) is 0 Å². The summed E-state index contributed by atoms with van der Waals surface area (Å²) < 4.78 is 40.3. The van der Waals surface area contributed by atoms with Gasteiger partial charge in [-0.25, -0.2) is 0 Å². The second kappa shape index (κ2) is 4.07. The molecule has 0 saturated carbocycles. The van der Waals surface area contributed by atoms with Crippen molar-refractivity contribution < 1.29 is 13.2 Å². The standard InChI is InChI=1S/C10H5ClF3NS/c11-7-3-1-6(2-4-7)8-5-9(15-16-8)10(12,13)14/h1-5H. The van der Waals surface area contributed by atoms with Gasteiger partial charge in [-0.1, -0.05) is 23.7 Å². The van der Waals surface area contributed by atoms with E-state index in [-0.39, 0.29) is 0 Å². The number of hydrogen-bond donors (Lipinski definition) is 0. The molecule has 84 valence electrons. The van der Waals surface area contributed by atoms with Gasteiger partial charge in [-0.2, -0.15) is 17.5 Å². The molecule has 0 N–H and O–H groups in total. The van der Waals surface area contributed by atoms with Crippen LogP contribution in [0.25, 0.3) is 10.4 Å². The average Bonchev–Trinajstić information content (AvgIpc) is 2.67. The summed E-state index contributed by atoms with van der Waals surface area (Å²) in [5.41, 5.74) is -0.181. The largest absolute Gasteiger partial charge is 0.434 e. The van der Waals surface area contributed by atoms with E-state index >= 15 is 0 Å². The van der Waals surface area contributed by atoms with Gasteiger partial charge in [-0.05, 0) is 35.3 Å². The number of aromatic nitrogens is 1. The molecular weight excluding hydrogens is 259 g/mol. The van der Waals surface area contributed by atoms with Crippen molar-refractivity contribution in [3.63, 3.8) is 0 Å². The number of halogens is 4. The molecule has 0 fully saturated rings. The molecule has 2 aromatic rings. The van der Waals surface area contributed by atoms with Crippen LogP contribution >= 0.6 is 23.1 Å². The molecule has 0 aliphatic heterocycles. The van der Waals surface area contributed by atoms with Gasteiger partial charge in [0, 0.05) is 5.02 Å². The van der Waals surface area contributed by atoms with Crippen LogP contribution in [0.2, 0.25) is 5.02 Å². The molecule has 0 amide bonds. The lowest BCUT2D eigenvalue weighted by molar-refractivity contribution is -0.140.